The first-order chi connectivity index (χ1) is 6.29. The van der Waals surface area contributed by atoms with E-state index in [1.807, 2.05) is 12.1 Å². The summed E-state index contributed by atoms with van der Waals surface area (Å²) in [5, 5.41) is 0. The summed E-state index contributed by atoms with van der Waals surface area (Å²) in [4.78, 5) is 10.7. The van der Waals surface area contributed by atoms with E-state index in [0.717, 1.165) is 24.7 Å². The second kappa shape index (κ2) is 5.37. The van der Waals surface area contributed by atoms with Crippen LogP contribution in [-0.4, -0.2) is 6.29 Å². The molecule has 70 valence electrons. The maximum absolute atomic E-state index is 10.7. The molecule has 0 aliphatic heterocycles. The van der Waals surface area contributed by atoms with E-state index in [0.29, 0.717) is 0 Å². The SMILES string of the molecule is CCCCc1c(I)cccc1C=O. The zero-order chi connectivity index (χ0) is 9.68. The van der Waals surface area contributed by atoms with Crippen molar-refractivity contribution in [1.29, 1.82) is 0 Å². The summed E-state index contributed by atoms with van der Waals surface area (Å²) in [5.74, 6) is 0. The minimum absolute atomic E-state index is 0.848. The molecule has 0 bridgehead atoms. The van der Waals surface area contributed by atoms with Crippen molar-refractivity contribution in [2.24, 2.45) is 0 Å². The van der Waals surface area contributed by atoms with Gasteiger partial charge in [0.05, 0.1) is 0 Å². The predicted molar refractivity (Wildman–Crippen MR) is 63.2 cm³/mol. The number of hydrogen-bond acceptors (Lipinski definition) is 1. The van der Waals surface area contributed by atoms with Crippen molar-refractivity contribution in [3.05, 3.63) is 32.9 Å². The standard InChI is InChI=1S/C11H13IO/c1-2-3-6-10-9(8-13)5-4-7-11(10)12/h4-5,7-8H,2-3,6H2,1H3. The lowest BCUT2D eigenvalue weighted by atomic mass is 10.0. The zero-order valence-electron chi connectivity index (χ0n) is 7.72. The highest BCUT2D eigenvalue weighted by atomic mass is 127. The molecule has 0 aliphatic carbocycles. The highest BCUT2D eigenvalue weighted by molar-refractivity contribution is 14.1. The molecular formula is C11H13IO. The highest BCUT2D eigenvalue weighted by Gasteiger charge is 2.04. The number of benzene rings is 1. The van der Waals surface area contributed by atoms with Gasteiger partial charge in [0.2, 0.25) is 0 Å². The van der Waals surface area contributed by atoms with Crippen LogP contribution >= 0.6 is 22.6 Å². The molecule has 0 spiro atoms. The van der Waals surface area contributed by atoms with Gasteiger partial charge < -0.3 is 0 Å². The number of rotatable bonds is 4. The highest BCUT2D eigenvalue weighted by Crippen LogP contribution is 2.18. The number of hydrogen-bond donors (Lipinski definition) is 0. The van der Waals surface area contributed by atoms with Crippen LogP contribution in [0.5, 0.6) is 0 Å². The lowest BCUT2D eigenvalue weighted by Crippen LogP contribution is -1.95. The average molecular weight is 288 g/mol. The topological polar surface area (TPSA) is 17.1 Å². The largest absolute Gasteiger partial charge is 0.298 e. The number of carbonyl (C=O) groups excluding carboxylic acids is 1. The minimum atomic E-state index is 0.848. The van der Waals surface area contributed by atoms with Crippen LogP contribution in [0, 0.1) is 3.57 Å². The second-order valence-electron chi connectivity index (χ2n) is 3.03. The number of unbranched alkanes of at least 4 members (excludes halogenated alkanes) is 1. The minimum Gasteiger partial charge on any atom is -0.298 e. The van der Waals surface area contributed by atoms with Gasteiger partial charge in [0, 0.05) is 9.13 Å². The molecule has 0 atom stereocenters. The first kappa shape index (κ1) is 10.7. The third-order valence-corrected chi connectivity index (χ3v) is 3.07. The van der Waals surface area contributed by atoms with Gasteiger partial charge in [-0.1, -0.05) is 25.5 Å². The molecule has 0 saturated carbocycles. The Balaban J connectivity index is 2.93. The van der Waals surface area contributed by atoms with E-state index in [9.17, 15) is 4.79 Å². The van der Waals surface area contributed by atoms with Gasteiger partial charge in [-0.25, -0.2) is 0 Å². The molecule has 0 amide bonds. The molecule has 0 aliphatic rings. The molecule has 0 unspecified atom stereocenters. The van der Waals surface area contributed by atoms with Gasteiger partial charge in [-0.2, -0.15) is 0 Å². The van der Waals surface area contributed by atoms with Crippen molar-refractivity contribution in [3.8, 4) is 0 Å². The van der Waals surface area contributed by atoms with Crippen molar-refractivity contribution in [2.75, 3.05) is 0 Å². The van der Waals surface area contributed by atoms with E-state index in [-0.39, 0.29) is 0 Å². The van der Waals surface area contributed by atoms with E-state index >= 15 is 0 Å². The summed E-state index contributed by atoms with van der Waals surface area (Å²) >= 11 is 2.29. The fourth-order valence-corrected chi connectivity index (χ4v) is 2.09. The molecule has 0 N–H and O–H groups in total. The molecule has 1 aromatic carbocycles. The maximum atomic E-state index is 10.7. The van der Waals surface area contributed by atoms with Crippen LogP contribution in [0.4, 0.5) is 0 Å². The molecule has 1 aromatic rings. The third kappa shape index (κ3) is 2.79. The third-order valence-electron chi connectivity index (χ3n) is 2.06. The average Bonchev–Trinajstić information content (AvgIpc) is 2.15. The van der Waals surface area contributed by atoms with Crippen LogP contribution in [0.1, 0.15) is 35.7 Å². The van der Waals surface area contributed by atoms with Gasteiger partial charge in [0.15, 0.2) is 0 Å². The molecular weight excluding hydrogens is 275 g/mol. The second-order valence-corrected chi connectivity index (χ2v) is 4.19. The number of halogens is 1. The lowest BCUT2D eigenvalue weighted by molar-refractivity contribution is 0.112. The summed E-state index contributed by atoms with van der Waals surface area (Å²) in [6.07, 6.45) is 4.29. The molecule has 1 rings (SSSR count). The van der Waals surface area contributed by atoms with Crippen molar-refractivity contribution < 1.29 is 4.79 Å². The smallest absolute Gasteiger partial charge is 0.150 e. The van der Waals surface area contributed by atoms with E-state index in [2.05, 4.69) is 35.6 Å². The molecule has 2 heteroatoms. The van der Waals surface area contributed by atoms with Crippen molar-refractivity contribution in [3.63, 3.8) is 0 Å². The Morgan fingerprint density at radius 2 is 2.23 bits per heavy atom. The van der Waals surface area contributed by atoms with Gasteiger partial charge in [0.1, 0.15) is 6.29 Å². The van der Waals surface area contributed by atoms with E-state index in [1.54, 1.807) is 0 Å². The fourth-order valence-electron chi connectivity index (χ4n) is 1.30. The van der Waals surface area contributed by atoms with Gasteiger partial charge >= 0.3 is 0 Å². The summed E-state index contributed by atoms with van der Waals surface area (Å²) in [7, 11) is 0. The summed E-state index contributed by atoms with van der Waals surface area (Å²) in [5.41, 5.74) is 2.06. The molecule has 1 nitrogen and oxygen atoms in total. The first-order valence-electron chi connectivity index (χ1n) is 4.52. The van der Waals surface area contributed by atoms with Crippen LogP contribution in [0.3, 0.4) is 0 Å². The molecule has 0 saturated heterocycles. The lowest BCUT2D eigenvalue weighted by Gasteiger charge is -2.05. The van der Waals surface area contributed by atoms with Crippen molar-refractivity contribution in [1.82, 2.24) is 0 Å². The van der Waals surface area contributed by atoms with E-state index in [4.69, 9.17) is 0 Å². The monoisotopic (exact) mass is 288 g/mol. The summed E-state index contributed by atoms with van der Waals surface area (Å²) < 4.78 is 1.20. The van der Waals surface area contributed by atoms with Crippen molar-refractivity contribution >= 4 is 28.9 Å². The van der Waals surface area contributed by atoms with E-state index < -0.39 is 0 Å². The zero-order valence-corrected chi connectivity index (χ0v) is 9.87. The Bertz CT molecular complexity index is 294. The number of aldehydes is 1. The van der Waals surface area contributed by atoms with Crippen LogP contribution < -0.4 is 0 Å². The molecule has 0 fully saturated rings. The molecule has 13 heavy (non-hydrogen) atoms. The molecule has 0 aromatic heterocycles. The van der Waals surface area contributed by atoms with Crippen LogP contribution in [0.25, 0.3) is 0 Å². The normalized spacial score (nSPS) is 10.0. The summed E-state index contributed by atoms with van der Waals surface area (Å²) in [6, 6.07) is 5.87. The predicted octanol–water partition coefficient (Wildman–Crippen LogP) is 3.45. The summed E-state index contributed by atoms with van der Waals surface area (Å²) in [6.45, 7) is 2.16. The van der Waals surface area contributed by atoms with Gasteiger partial charge in [0.25, 0.3) is 0 Å². The van der Waals surface area contributed by atoms with Crippen LogP contribution in [0.15, 0.2) is 18.2 Å². The Kier molecular flexibility index (Phi) is 4.42. The Morgan fingerprint density at radius 1 is 1.46 bits per heavy atom. The maximum Gasteiger partial charge on any atom is 0.150 e. The van der Waals surface area contributed by atoms with Gasteiger partial charge in [-0.05, 0) is 47.1 Å². The fraction of sp³-hybridized carbons (Fsp3) is 0.364. The van der Waals surface area contributed by atoms with Gasteiger partial charge in [-0.3, -0.25) is 4.79 Å². The molecule has 0 heterocycles. The quantitative estimate of drug-likeness (QED) is 0.612. The van der Waals surface area contributed by atoms with E-state index in [1.165, 1.54) is 15.6 Å². The molecule has 0 radical (unpaired) electrons. The Labute approximate surface area is 92.7 Å². The first-order valence-corrected chi connectivity index (χ1v) is 5.60. The Morgan fingerprint density at radius 3 is 2.85 bits per heavy atom. The van der Waals surface area contributed by atoms with Gasteiger partial charge in [-0.15, -0.1) is 0 Å². The Hall–Kier alpha value is -0.380. The van der Waals surface area contributed by atoms with Crippen LogP contribution in [-0.2, 0) is 6.42 Å². The van der Waals surface area contributed by atoms with Crippen LogP contribution in [0.2, 0.25) is 0 Å². The van der Waals surface area contributed by atoms with Crippen molar-refractivity contribution in [2.45, 2.75) is 26.2 Å². The number of carbonyl (C=O) groups is 1.